The van der Waals surface area contributed by atoms with Gasteiger partial charge in [0, 0.05) is 17.3 Å². The summed E-state index contributed by atoms with van der Waals surface area (Å²) in [6.07, 6.45) is 1.68. The molecule has 0 aromatic heterocycles. The van der Waals surface area contributed by atoms with E-state index in [0.717, 1.165) is 29.9 Å². The molecular weight excluding hydrogens is 286 g/mol. The molecule has 118 valence electrons. The van der Waals surface area contributed by atoms with Crippen molar-refractivity contribution in [3.8, 4) is 6.07 Å². The maximum Gasteiger partial charge on any atom is 0.227 e. The minimum atomic E-state index is 0.0512. The first-order valence-corrected chi connectivity index (χ1v) is 7.85. The molecular formula is C19H21N3O. The number of nitrogens with zero attached hydrogens (tertiary/aromatic N) is 1. The van der Waals surface area contributed by atoms with Gasteiger partial charge < -0.3 is 10.6 Å². The second-order valence-electron chi connectivity index (χ2n) is 5.36. The standard InChI is InChI=1S/C19H21N3O/c1-3-14(4-2)19(23)22-17-11-9-16(10-12-17)21-18-8-6-5-7-15(18)13-20/h5-12,14,21H,3-4H2,1-2H3,(H,22,23). The number of hydrogen-bond donors (Lipinski definition) is 2. The number of amides is 1. The molecule has 2 aromatic carbocycles. The fraction of sp³-hybridized carbons (Fsp3) is 0.263. The molecule has 0 heterocycles. The van der Waals surface area contributed by atoms with Crippen LogP contribution in [0.15, 0.2) is 48.5 Å². The van der Waals surface area contributed by atoms with Crippen LogP contribution in [0.3, 0.4) is 0 Å². The number of nitrogens with one attached hydrogen (secondary N) is 2. The van der Waals surface area contributed by atoms with Crippen LogP contribution >= 0.6 is 0 Å². The highest BCUT2D eigenvalue weighted by Crippen LogP contribution is 2.22. The Bertz CT molecular complexity index is 697. The summed E-state index contributed by atoms with van der Waals surface area (Å²) in [4.78, 5) is 12.1. The monoisotopic (exact) mass is 307 g/mol. The first-order valence-electron chi connectivity index (χ1n) is 7.85. The van der Waals surface area contributed by atoms with Crippen LogP contribution in [-0.2, 0) is 4.79 Å². The fourth-order valence-corrected chi connectivity index (χ4v) is 2.39. The molecule has 4 nitrogen and oxygen atoms in total. The number of nitriles is 1. The Labute approximate surface area is 137 Å². The summed E-state index contributed by atoms with van der Waals surface area (Å²) < 4.78 is 0. The first kappa shape index (κ1) is 16.6. The first-order chi connectivity index (χ1) is 11.2. The third-order valence-corrected chi connectivity index (χ3v) is 3.84. The highest BCUT2D eigenvalue weighted by atomic mass is 16.1. The van der Waals surface area contributed by atoms with Gasteiger partial charge in [0.2, 0.25) is 5.91 Å². The van der Waals surface area contributed by atoms with E-state index in [9.17, 15) is 4.79 Å². The molecule has 0 atom stereocenters. The Morgan fingerprint density at radius 1 is 1.04 bits per heavy atom. The van der Waals surface area contributed by atoms with E-state index in [4.69, 9.17) is 5.26 Å². The summed E-state index contributed by atoms with van der Waals surface area (Å²) in [5, 5.41) is 15.3. The normalized spacial score (nSPS) is 10.2. The molecule has 0 bridgehead atoms. The number of hydrogen-bond acceptors (Lipinski definition) is 3. The Morgan fingerprint density at radius 2 is 1.65 bits per heavy atom. The van der Waals surface area contributed by atoms with Crippen molar-refractivity contribution < 1.29 is 4.79 Å². The number of anilines is 3. The Kier molecular flexibility index (Phi) is 5.76. The van der Waals surface area contributed by atoms with Crippen molar-refractivity contribution in [1.82, 2.24) is 0 Å². The van der Waals surface area contributed by atoms with Crippen LogP contribution in [0, 0.1) is 17.2 Å². The van der Waals surface area contributed by atoms with Gasteiger partial charge in [-0.15, -0.1) is 0 Å². The summed E-state index contributed by atoms with van der Waals surface area (Å²) in [7, 11) is 0. The molecule has 0 saturated carbocycles. The maximum atomic E-state index is 12.1. The number of rotatable bonds is 6. The molecule has 2 rings (SSSR count). The Morgan fingerprint density at radius 3 is 2.26 bits per heavy atom. The Balaban J connectivity index is 2.05. The highest BCUT2D eigenvalue weighted by Gasteiger charge is 2.13. The van der Waals surface area contributed by atoms with Crippen molar-refractivity contribution in [2.75, 3.05) is 10.6 Å². The predicted molar refractivity (Wildman–Crippen MR) is 93.6 cm³/mol. The average Bonchev–Trinajstić information content (AvgIpc) is 2.58. The second-order valence-corrected chi connectivity index (χ2v) is 5.36. The minimum absolute atomic E-state index is 0.0512. The number of carbonyl (C=O) groups excluding carboxylic acids is 1. The summed E-state index contributed by atoms with van der Waals surface area (Å²) in [5.74, 6) is 0.112. The molecule has 4 heteroatoms. The van der Waals surface area contributed by atoms with E-state index in [1.54, 1.807) is 6.07 Å². The van der Waals surface area contributed by atoms with Gasteiger partial charge in [-0.1, -0.05) is 26.0 Å². The summed E-state index contributed by atoms with van der Waals surface area (Å²) in [6, 6.07) is 17.0. The lowest BCUT2D eigenvalue weighted by Crippen LogP contribution is -2.21. The van der Waals surface area contributed by atoms with Crippen LogP contribution < -0.4 is 10.6 Å². The van der Waals surface area contributed by atoms with Gasteiger partial charge in [-0.25, -0.2) is 0 Å². The topological polar surface area (TPSA) is 64.9 Å². The lowest BCUT2D eigenvalue weighted by Gasteiger charge is -2.13. The van der Waals surface area contributed by atoms with Gasteiger partial charge in [-0.2, -0.15) is 5.26 Å². The quantitative estimate of drug-likeness (QED) is 0.814. The van der Waals surface area contributed by atoms with Crippen LogP contribution in [0.1, 0.15) is 32.3 Å². The van der Waals surface area contributed by atoms with Crippen molar-refractivity contribution in [3.63, 3.8) is 0 Å². The van der Waals surface area contributed by atoms with Gasteiger partial charge in [-0.05, 0) is 49.2 Å². The van der Waals surface area contributed by atoms with Gasteiger partial charge in [0.05, 0.1) is 11.3 Å². The van der Waals surface area contributed by atoms with Crippen LogP contribution in [0.5, 0.6) is 0 Å². The van der Waals surface area contributed by atoms with E-state index < -0.39 is 0 Å². The van der Waals surface area contributed by atoms with Crippen molar-refractivity contribution in [1.29, 1.82) is 5.26 Å². The summed E-state index contributed by atoms with van der Waals surface area (Å²) >= 11 is 0. The molecule has 0 aliphatic carbocycles. The molecule has 2 aromatic rings. The Hall–Kier alpha value is -2.80. The van der Waals surface area contributed by atoms with E-state index in [1.165, 1.54) is 0 Å². The molecule has 0 unspecified atom stereocenters. The maximum absolute atomic E-state index is 12.1. The number of carbonyl (C=O) groups is 1. The minimum Gasteiger partial charge on any atom is -0.354 e. The lowest BCUT2D eigenvalue weighted by molar-refractivity contribution is -0.120. The summed E-state index contributed by atoms with van der Waals surface area (Å²) in [6.45, 7) is 4.04. The fourth-order valence-electron chi connectivity index (χ4n) is 2.39. The molecule has 0 saturated heterocycles. The van der Waals surface area contributed by atoms with E-state index in [-0.39, 0.29) is 11.8 Å². The number of benzene rings is 2. The molecule has 2 N–H and O–H groups in total. The lowest BCUT2D eigenvalue weighted by atomic mass is 10.0. The van der Waals surface area contributed by atoms with Crippen molar-refractivity contribution >= 4 is 23.0 Å². The molecule has 0 fully saturated rings. The second kappa shape index (κ2) is 8.00. The van der Waals surface area contributed by atoms with Gasteiger partial charge >= 0.3 is 0 Å². The molecule has 0 aliphatic rings. The van der Waals surface area contributed by atoms with Crippen molar-refractivity contribution in [2.45, 2.75) is 26.7 Å². The molecule has 1 amide bonds. The predicted octanol–water partition coefficient (Wildman–Crippen LogP) is 4.68. The van der Waals surface area contributed by atoms with E-state index in [0.29, 0.717) is 5.56 Å². The van der Waals surface area contributed by atoms with Crippen LogP contribution in [0.2, 0.25) is 0 Å². The van der Waals surface area contributed by atoms with Crippen LogP contribution in [0.4, 0.5) is 17.1 Å². The van der Waals surface area contributed by atoms with E-state index in [2.05, 4.69) is 16.7 Å². The van der Waals surface area contributed by atoms with Gasteiger partial charge in [0.15, 0.2) is 0 Å². The average molecular weight is 307 g/mol. The van der Waals surface area contributed by atoms with Crippen molar-refractivity contribution in [3.05, 3.63) is 54.1 Å². The third kappa shape index (κ3) is 4.33. The highest BCUT2D eigenvalue weighted by molar-refractivity contribution is 5.92. The SMILES string of the molecule is CCC(CC)C(=O)Nc1ccc(Nc2ccccc2C#N)cc1. The molecule has 23 heavy (non-hydrogen) atoms. The van der Waals surface area contributed by atoms with Crippen LogP contribution in [0.25, 0.3) is 0 Å². The van der Waals surface area contributed by atoms with E-state index in [1.807, 2.05) is 56.3 Å². The zero-order chi connectivity index (χ0) is 16.7. The molecule has 0 radical (unpaired) electrons. The van der Waals surface area contributed by atoms with Crippen LogP contribution in [-0.4, -0.2) is 5.91 Å². The largest absolute Gasteiger partial charge is 0.354 e. The van der Waals surface area contributed by atoms with Gasteiger partial charge in [0.1, 0.15) is 6.07 Å². The third-order valence-electron chi connectivity index (χ3n) is 3.84. The number of para-hydroxylation sites is 1. The summed E-state index contributed by atoms with van der Waals surface area (Å²) in [5.41, 5.74) is 3.01. The molecule has 0 spiro atoms. The molecule has 0 aliphatic heterocycles. The van der Waals surface area contributed by atoms with E-state index >= 15 is 0 Å². The van der Waals surface area contributed by atoms with Gasteiger partial charge in [-0.3, -0.25) is 4.79 Å². The smallest absolute Gasteiger partial charge is 0.227 e. The van der Waals surface area contributed by atoms with Gasteiger partial charge in [0.25, 0.3) is 0 Å². The zero-order valence-electron chi connectivity index (χ0n) is 13.5. The zero-order valence-corrected chi connectivity index (χ0v) is 13.5. The van der Waals surface area contributed by atoms with Crippen molar-refractivity contribution in [2.24, 2.45) is 5.92 Å².